The second-order valence-corrected chi connectivity index (χ2v) is 6.29. The van der Waals surface area contributed by atoms with Crippen LogP contribution in [0.1, 0.15) is 16.7 Å². The van der Waals surface area contributed by atoms with Crippen LogP contribution in [-0.2, 0) is 0 Å². The molecule has 0 aliphatic heterocycles. The van der Waals surface area contributed by atoms with Crippen molar-refractivity contribution in [3.8, 4) is 11.3 Å². The van der Waals surface area contributed by atoms with Crippen LogP contribution in [0.25, 0.3) is 11.3 Å². The minimum absolute atomic E-state index is 0.882. The molecule has 0 saturated carbocycles. The zero-order valence-corrected chi connectivity index (χ0v) is 14.3. The lowest BCUT2D eigenvalue weighted by Crippen LogP contribution is -2.08. The Kier molecular flexibility index (Phi) is 4.53. The first kappa shape index (κ1) is 15.4. The zero-order chi connectivity index (χ0) is 16.2. The Balaban J connectivity index is 1.80. The number of aromatic nitrogens is 1. The summed E-state index contributed by atoms with van der Waals surface area (Å²) in [7, 11) is 1.93. The molecule has 0 unspecified atom stereocenters. The molecule has 3 nitrogen and oxygen atoms in total. The lowest BCUT2D eigenvalue weighted by molar-refractivity contribution is 1.01. The van der Waals surface area contributed by atoms with Gasteiger partial charge in [0.15, 0.2) is 0 Å². The summed E-state index contributed by atoms with van der Waals surface area (Å²) in [5, 5.41) is 9.29. The molecular formula is C19H19N3S. The lowest BCUT2D eigenvalue weighted by Gasteiger charge is -2.08. The number of hydrazone groups is 1. The van der Waals surface area contributed by atoms with Crippen LogP contribution < -0.4 is 5.01 Å². The van der Waals surface area contributed by atoms with E-state index in [0.29, 0.717) is 0 Å². The molecule has 0 bridgehead atoms. The molecule has 0 N–H and O–H groups in total. The van der Waals surface area contributed by atoms with Gasteiger partial charge in [0.05, 0.1) is 11.9 Å². The van der Waals surface area contributed by atoms with Crippen molar-refractivity contribution >= 4 is 22.7 Å². The van der Waals surface area contributed by atoms with Crippen molar-refractivity contribution in [2.45, 2.75) is 13.8 Å². The molecule has 3 rings (SSSR count). The Labute approximate surface area is 140 Å². The Morgan fingerprint density at radius 1 is 1.00 bits per heavy atom. The summed E-state index contributed by atoms with van der Waals surface area (Å²) in [5.74, 6) is 0. The normalized spacial score (nSPS) is 11.1. The highest BCUT2D eigenvalue weighted by atomic mass is 32.1. The van der Waals surface area contributed by atoms with Crippen molar-refractivity contribution in [1.29, 1.82) is 0 Å². The van der Waals surface area contributed by atoms with Gasteiger partial charge in [0.25, 0.3) is 0 Å². The first-order valence-corrected chi connectivity index (χ1v) is 8.38. The van der Waals surface area contributed by atoms with E-state index in [4.69, 9.17) is 4.98 Å². The molecule has 1 heterocycles. The van der Waals surface area contributed by atoms with E-state index in [1.54, 1.807) is 11.3 Å². The quantitative estimate of drug-likeness (QED) is 0.505. The summed E-state index contributed by atoms with van der Waals surface area (Å²) >= 11 is 1.60. The fourth-order valence-electron chi connectivity index (χ4n) is 2.33. The third kappa shape index (κ3) is 3.48. The van der Waals surface area contributed by atoms with Crippen LogP contribution in [0, 0.1) is 13.8 Å². The second-order valence-electron chi connectivity index (χ2n) is 5.46. The lowest BCUT2D eigenvalue weighted by atomic mass is 10.1. The van der Waals surface area contributed by atoms with Gasteiger partial charge < -0.3 is 0 Å². The Morgan fingerprint density at radius 2 is 1.70 bits per heavy atom. The molecule has 0 atom stereocenters. The molecule has 0 saturated heterocycles. The predicted molar refractivity (Wildman–Crippen MR) is 99.5 cm³/mol. The summed E-state index contributed by atoms with van der Waals surface area (Å²) < 4.78 is 0. The van der Waals surface area contributed by atoms with Crippen molar-refractivity contribution < 1.29 is 0 Å². The number of hydrogen-bond acceptors (Lipinski definition) is 4. The second kappa shape index (κ2) is 6.75. The number of rotatable bonds is 4. The van der Waals surface area contributed by atoms with Gasteiger partial charge in [-0.05, 0) is 30.5 Å². The molecule has 0 amide bonds. The minimum atomic E-state index is 0.882. The average Bonchev–Trinajstić information content (AvgIpc) is 3.04. The van der Waals surface area contributed by atoms with E-state index in [0.717, 1.165) is 16.4 Å². The largest absolute Gasteiger partial charge is 0.242 e. The number of aryl methyl sites for hydroxylation is 2. The molecule has 0 radical (unpaired) electrons. The number of hydrogen-bond donors (Lipinski definition) is 0. The summed E-state index contributed by atoms with van der Waals surface area (Å²) in [4.78, 5) is 4.71. The van der Waals surface area contributed by atoms with Gasteiger partial charge in [0.1, 0.15) is 0 Å². The maximum atomic E-state index is 4.71. The van der Waals surface area contributed by atoms with Gasteiger partial charge in [-0.2, -0.15) is 5.10 Å². The molecule has 0 spiro atoms. The van der Waals surface area contributed by atoms with Gasteiger partial charge in [0, 0.05) is 18.0 Å². The molecule has 116 valence electrons. The van der Waals surface area contributed by atoms with Crippen LogP contribution in [0.2, 0.25) is 0 Å². The van der Waals surface area contributed by atoms with Crippen molar-refractivity contribution in [3.05, 3.63) is 70.6 Å². The van der Waals surface area contributed by atoms with Gasteiger partial charge >= 0.3 is 0 Å². The van der Waals surface area contributed by atoms with Crippen LogP contribution in [0.5, 0.6) is 0 Å². The van der Waals surface area contributed by atoms with Crippen molar-refractivity contribution in [2.75, 3.05) is 12.1 Å². The highest BCUT2D eigenvalue weighted by Gasteiger charge is 2.09. The molecule has 0 aliphatic rings. The monoisotopic (exact) mass is 321 g/mol. The van der Waals surface area contributed by atoms with Crippen molar-refractivity contribution in [2.24, 2.45) is 5.10 Å². The average molecular weight is 321 g/mol. The van der Waals surface area contributed by atoms with Gasteiger partial charge in [-0.3, -0.25) is 0 Å². The van der Waals surface area contributed by atoms with Crippen LogP contribution in [0.4, 0.5) is 5.13 Å². The van der Waals surface area contributed by atoms with Gasteiger partial charge in [-0.1, -0.05) is 48.5 Å². The standard InChI is InChI=1S/C19H19N3S/c1-14-8-4-6-10-16(14)12-20-22(3)19-21-18(13-23-19)17-11-7-5-9-15(17)2/h4-13H,1-3H3/b20-12+. The molecule has 1 aromatic heterocycles. The summed E-state index contributed by atoms with van der Waals surface area (Å²) in [6.07, 6.45) is 1.88. The van der Waals surface area contributed by atoms with E-state index < -0.39 is 0 Å². The third-order valence-corrected chi connectivity index (χ3v) is 4.66. The van der Waals surface area contributed by atoms with Crippen LogP contribution in [0.15, 0.2) is 59.0 Å². The molecule has 23 heavy (non-hydrogen) atoms. The van der Waals surface area contributed by atoms with E-state index in [1.807, 2.05) is 42.5 Å². The number of benzene rings is 2. The minimum Gasteiger partial charge on any atom is -0.242 e. The van der Waals surface area contributed by atoms with Crippen molar-refractivity contribution in [1.82, 2.24) is 4.98 Å². The maximum Gasteiger partial charge on any atom is 0.206 e. The van der Waals surface area contributed by atoms with Gasteiger partial charge in [0.2, 0.25) is 5.13 Å². The Morgan fingerprint density at radius 3 is 2.43 bits per heavy atom. The first-order valence-electron chi connectivity index (χ1n) is 7.50. The number of anilines is 1. The molecule has 3 aromatic rings. The first-order chi connectivity index (χ1) is 11.1. The smallest absolute Gasteiger partial charge is 0.206 e. The zero-order valence-electron chi connectivity index (χ0n) is 13.5. The van der Waals surface area contributed by atoms with Crippen molar-refractivity contribution in [3.63, 3.8) is 0 Å². The summed E-state index contributed by atoms with van der Waals surface area (Å²) in [6.45, 7) is 4.19. The fourth-order valence-corrected chi connectivity index (χ4v) is 3.07. The SMILES string of the molecule is Cc1ccccc1/C=N/N(C)c1nc(-c2ccccc2C)cs1. The summed E-state index contributed by atoms with van der Waals surface area (Å²) in [6, 6.07) is 16.5. The highest BCUT2D eigenvalue weighted by molar-refractivity contribution is 7.14. The Bertz CT molecular complexity index is 836. The summed E-state index contributed by atoms with van der Waals surface area (Å²) in [5.41, 5.74) is 5.74. The predicted octanol–water partition coefficient (Wildman–Crippen LogP) is 4.90. The van der Waals surface area contributed by atoms with E-state index in [9.17, 15) is 0 Å². The number of nitrogens with zero attached hydrogens (tertiary/aromatic N) is 3. The van der Waals surface area contributed by atoms with Crippen LogP contribution >= 0.6 is 11.3 Å². The van der Waals surface area contributed by atoms with E-state index in [2.05, 4.69) is 48.6 Å². The fraction of sp³-hybridized carbons (Fsp3) is 0.158. The van der Waals surface area contributed by atoms with Gasteiger partial charge in [-0.25, -0.2) is 9.99 Å². The topological polar surface area (TPSA) is 28.5 Å². The molecule has 4 heteroatoms. The Hall–Kier alpha value is -2.46. The van der Waals surface area contributed by atoms with Gasteiger partial charge in [-0.15, -0.1) is 11.3 Å². The van der Waals surface area contributed by atoms with Crippen LogP contribution in [-0.4, -0.2) is 18.2 Å². The third-order valence-electron chi connectivity index (χ3n) is 3.75. The van der Waals surface area contributed by atoms with E-state index in [-0.39, 0.29) is 0 Å². The highest BCUT2D eigenvalue weighted by Crippen LogP contribution is 2.28. The molecule has 0 aliphatic carbocycles. The van der Waals surface area contributed by atoms with Crippen LogP contribution in [0.3, 0.4) is 0 Å². The number of thiazole rings is 1. The van der Waals surface area contributed by atoms with E-state index >= 15 is 0 Å². The maximum absolute atomic E-state index is 4.71. The molecule has 2 aromatic carbocycles. The van der Waals surface area contributed by atoms with E-state index in [1.165, 1.54) is 16.7 Å². The molecule has 0 fully saturated rings. The molecular weight excluding hydrogens is 302 g/mol.